The molecule has 10 heteroatoms. The zero-order chi connectivity index (χ0) is 15.1. The third kappa shape index (κ3) is 2.79. The summed E-state index contributed by atoms with van der Waals surface area (Å²) >= 11 is 5.81. The van der Waals surface area contributed by atoms with E-state index in [1.807, 2.05) is 0 Å². The highest BCUT2D eigenvalue weighted by molar-refractivity contribution is 7.89. The zero-order valence-electron chi connectivity index (χ0n) is 10.6. The van der Waals surface area contributed by atoms with E-state index < -0.39 is 33.7 Å². The summed E-state index contributed by atoms with van der Waals surface area (Å²) < 4.78 is 64.8. The van der Waals surface area contributed by atoms with E-state index in [0.717, 1.165) is 4.31 Å². The van der Waals surface area contributed by atoms with E-state index in [-0.39, 0.29) is 24.5 Å². The molecular weight excluding hydrogens is 319 g/mol. The topological polar surface area (TPSA) is 55.2 Å². The maximum absolute atomic E-state index is 12.7. The molecule has 1 saturated heterocycles. The molecule has 20 heavy (non-hydrogen) atoms. The van der Waals surface area contributed by atoms with Crippen molar-refractivity contribution in [2.45, 2.75) is 24.0 Å². The molecule has 2 heterocycles. The third-order valence-corrected chi connectivity index (χ3v) is 5.62. The molecular formula is C10H13ClF3N3O2S. The monoisotopic (exact) mass is 331 g/mol. The summed E-state index contributed by atoms with van der Waals surface area (Å²) in [4.78, 5) is 3.67. The van der Waals surface area contributed by atoms with Crippen LogP contribution in [-0.4, -0.2) is 41.5 Å². The summed E-state index contributed by atoms with van der Waals surface area (Å²) in [6.45, 7) is -0.541. The standard InChI is InChI=1S/C10H13ClF3N3O2S/c1-16-6-15-9(8(16)11)20(18,19)17-4-2-3-7(5-17)10(12,13)14/h6-7H,2-5H2,1H3/t7-/m1/s1. The Morgan fingerprint density at radius 2 is 2.10 bits per heavy atom. The Morgan fingerprint density at radius 1 is 1.45 bits per heavy atom. The highest BCUT2D eigenvalue weighted by Gasteiger charge is 2.45. The lowest BCUT2D eigenvalue weighted by molar-refractivity contribution is -0.182. The van der Waals surface area contributed by atoms with Crippen LogP contribution < -0.4 is 0 Å². The summed E-state index contributed by atoms with van der Waals surface area (Å²) in [5.41, 5.74) is 0. The molecule has 0 amide bonds. The van der Waals surface area contributed by atoms with Crippen molar-refractivity contribution < 1.29 is 21.6 Å². The number of imidazole rings is 1. The van der Waals surface area contributed by atoms with Gasteiger partial charge in [0, 0.05) is 20.1 Å². The van der Waals surface area contributed by atoms with E-state index in [1.165, 1.54) is 17.9 Å². The fraction of sp³-hybridized carbons (Fsp3) is 0.700. The van der Waals surface area contributed by atoms with Crippen LogP contribution in [0.3, 0.4) is 0 Å². The Kier molecular flexibility index (Phi) is 4.05. The van der Waals surface area contributed by atoms with Crippen molar-refractivity contribution in [1.29, 1.82) is 0 Å². The van der Waals surface area contributed by atoms with E-state index in [1.54, 1.807) is 0 Å². The average molecular weight is 332 g/mol. The van der Waals surface area contributed by atoms with Gasteiger partial charge in [-0.2, -0.15) is 17.5 Å². The number of aryl methyl sites for hydroxylation is 1. The van der Waals surface area contributed by atoms with Crippen LogP contribution in [0.4, 0.5) is 13.2 Å². The largest absolute Gasteiger partial charge is 0.393 e. The van der Waals surface area contributed by atoms with Gasteiger partial charge in [0.25, 0.3) is 10.0 Å². The van der Waals surface area contributed by atoms with Crippen molar-refractivity contribution >= 4 is 21.6 Å². The van der Waals surface area contributed by atoms with Gasteiger partial charge in [-0.25, -0.2) is 13.4 Å². The number of aromatic nitrogens is 2. The molecule has 0 bridgehead atoms. The number of rotatable bonds is 2. The normalized spacial score (nSPS) is 22.1. The first-order valence-corrected chi connectivity index (χ1v) is 7.69. The lowest BCUT2D eigenvalue weighted by atomic mass is 9.99. The van der Waals surface area contributed by atoms with Gasteiger partial charge in [0.2, 0.25) is 5.03 Å². The number of hydrogen-bond donors (Lipinski definition) is 0. The molecule has 1 fully saturated rings. The maximum Gasteiger partial charge on any atom is 0.393 e. The number of nitrogens with zero attached hydrogens (tertiary/aromatic N) is 3. The number of piperidine rings is 1. The molecule has 114 valence electrons. The molecule has 5 nitrogen and oxygen atoms in total. The van der Waals surface area contributed by atoms with Crippen LogP contribution in [0.2, 0.25) is 5.15 Å². The highest BCUT2D eigenvalue weighted by Crippen LogP contribution is 2.35. The van der Waals surface area contributed by atoms with Gasteiger partial charge in [-0.3, -0.25) is 0 Å². The van der Waals surface area contributed by atoms with E-state index in [9.17, 15) is 21.6 Å². The van der Waals surface area contributed by atoms with Crippen molar-refractivity contribution in [2.75, 3.05) is 13.1 Å². The van der Waals surface area contributed by atoms with E-state index in [0.29, 0.717) is 0 Å². The molecule has 0 aliphatic carbocycles. The smallest absolute Gasteiger partial charge is 0.324 e. The molecule has 0 N–H and O–H groups in total. The Hall–Kier alpha value is -0.800. The predicted molar refractivity (Wildman–Crippen MR) is 65.8 cm³/mol. The van der Waals surface area contributed by atoms with Crippen molar-refractivity contribution in [3.8, 4) is 0 Å². The lowest BCUT2D eigenvalue weighted by Crippen LogP contribution is -2.44. The van der Waals surface area contributed by atoms with Gasteiger partial charge in [-0.15, -0.1) is 0 Å². The third-order valence-electron chi connectivity index (χ3n) is 3.27. The van der Waals surface area contributed by atoms with Gasteiger partial charge in [-0.05, 0) is 12.8 Å². The number of alkyl halides is 3. The second kappa shape index (κ2) is 5.19. The van der Waals surface area contributed by atoms with Gasteiger partial charge >= 0.3 is 6.18 Å². The molecule has 0 radical (unpaired) electrons. The molecule has 1 aliphatic rings. The van der Waals surface area contributed by atoms with Crippen LogP contribution in [0, 0.1) is 5.92 Å². The molecule has 2 rings (SSSR count). The molecule has 0 saturated carbocycles. The summed E-state index contributed by atoms with van der Waals surface area (Å²) in [6.07, 6.45) is -3.10. The van der Waals surface area contributed by atoms with Gasteiger partial charge in [0.15, 0.2) is 0 Å². The Morgan fingerprint density at radius 3 is 2.60 bits per heavy atom. The minimum Gasteiger partial charge on any atom is -0.324 e. The molecule has 0 spiro atoms. The van der Waals surface area contributed by atoms with E-state index in [2.05, 4.69) is 4.98 Å². The summed E-state index contributed by atoms with van der Waals surface area (Å²) in [7, 11) is -2.59. The quantitative estimate of drug-likeness (QED) is 0.833. The van der Waals surface area contributed by atoms with E-state index >= 15 is 0 Å². The fourth-order valence-electron chi connectivity index (χ4n) is 2.12. The number of hydrogen-bond acceptors (Lipinski definition) is 3. The first-order chi connectivity index (χ1) is 9.14. The van der Waals surface area contributed by atoms with Gasteiger partial charge < -0.3 is 4.57 Å². The first-order valence-electron chi connectivity index (χ1n) is 5.87. The van der Waals surface area contributed by atoms with Crippen LogP contribution in [-0.2, 0) is 17.1 Å². The zero-order valence-corrected chi connectivity index (χ0v) is 12.1. The average Bonchev–Trinajstić information content (AvgIpc) is 2.70. The maximum atomic E-state index is 12.7. The van der Waals surface area contributed by atoms with Crippen LogP contribution >= 0.6 is 11.6 Å². The SMILES string of the molecule is Cn1cnc(S(=O)(=O)N2CCC[C@@H](C(F)(F)F)C2)c1Cl. The number of sulfonamides is 1. The molecule has 0 aromatic carbocycles. The molecule has 1 aromatic heterocycles. The fourth-order valence-corrected chi connectivity index (χ4v) is 4.03. The van der Waals surface area contributed by atoms with Crippen LogP contribution in [0.1, 0.15) is 12.8 Å². The van der Waals surface area contributed by atoms with Crippen LogP contribution in [0.5, 0.6) is 0 Å². The Bertz CT molecular complexity index is 599. The van der Waals surface area contributed by atoms with Gasteiger partial charge in [-0.1, -0.05) is 11.6 Å². The first kappa shape index (κ1) is 15.6. The molecule has 0 unspecified atom stereocenters. The van der Waals surface area contributed by atoms with Crippen molar-refractivity contribution in [3.05, 3.63) is 11.5 Å². The highest BCUT2D eigenvalue weighted by atomic mass is 35.5. The van der Waals surface area contributed by atoms with Crippen molar-refractivity contribution in [1.82, 2.24) is 13.9 Å². The lowest BCUT2D eigenvalue weighted by Gasteiger charge is -2.32. The molecule has 1 atom stereocenters. The van der Waals surface area contributed by atoms with Crippen LogP contribution in [0.15, 0.2) is 11.4 Å². The van der Waals surface area contributed by atoms with Gasteiger partial charge in [0.05, 0.1) is 12.2 Å². The Balaban J connectivity index is 2.28. The second-order valence-corrected chi connectivity index (χ2v) is 6.91. The summed E-state index contributed by atoms with van der Waals surface area (Å²) in [5, 5.41) is -0.511. The minimum absolute atomic E-state index is 0.0435. The van der Waals surface area contributed by atoms with Gasteiger partial charge in [0.1, 0.15) is 5.15 Å². The summed E-state index contributed by atoms with van der Waals surface area (Å²) in [6, 6.07) is 0. The Labute approximate surface area is 119 Å². The van der Waals surface area contributed by atoms with Crippen LogP contribution in [0.25, 0.3) is 0 Å². The molecule has 1 aromatic rings. The number of halogens is 4. The van der Waals surface area contributed by atoms with Crippen molar-refractivity contribution in [3.63, 3.8) is 0 Å². The second-order valence-electron chi connectivity index (χ2n) is 4.70. The molecule has 1 aliphatic heterocycles. The summed E-state index contributed by atoms with van der Waals surface area (Å²) in [5.74, 6) is -1.64. The predicted octanol–water partition coefficient (Wildman–Crippen LogP) is 2.04. The van der Waals surface area contributed by atoms with E-state index in [4.69, 9.17) is 11.6 Å². The van der Waals surface area contributed by atoms with Crippen molar-refractivity contribution in [2.24, 2.45) is 13.0 Å². The minimum atomic E-state index is -4.40.